The van der Waals surface area contributed by atoms with E-state index >= 15 is 0 Å². The Labute approximate surface area is 163 Å². The van der Waals surface area contributed by atoms with Crippen molar-refractivity contribution in [3.8, 4) is 17.2 Å². The zero-order valence-corrected chi connectivity index (χ0v) is 16.4. The number of nitrogens with zero attached hydrogens (tertiary/aromatic N) is 3. The molecule has 7 nitrogen and oxygen atoms in total. The van der Waals surface area contributed by atoms with Crippen molar-refractivity contribution < 1.29 is 18.7 Å². The lowest BCUT2D eigenvalue weighted by Crippen LogP contribution is -2.11. The van der Waals surface area contributed by atoms with Gasteiger partial charge in [0, 0.05) is 23.0 Å². The molecule has 4 rings (SSSR count). The maximum absolute atomic E-state index is 12.7. The van der Waals surface area contributed by atoms with Gasteiger partial charge in [0.2, 0.25) is 5.89 Å². The van der Waals surface area contributed by atoms with E-state index in [0.717, 1.165) is 35.5 Å². The summed E-state index contributed by atoms with van der Waals surface area (Å²) in [5.74, 6) is 0.994. The van der Waals surface area contributed by atoms with E-state index < -0.39 is 6.10 Å². The summed E-state index contributed by atoms with van der Waals surface area (Å²) in [6, 6.07) is 9.71. The Bertz CT molecular complexity index is 999. The number of hydrogen-bond donors (Lipinski definition) is 0. The quantitative estimate of drug-likeness (QED) is 0.588. The van der Waals surface area contributed by atoms with Crippen LogP contribution in [0.5, 0.6) is 5.75 Å². The van der Waals surface area contributed by atoms with Crippen LogP contribution < -0.4 is 4.74 Å². The van der Waals surface area contributed by atoms with E-state index in [0.29, 0.717) is 17.5 Å². The highest BCUT2D eigenvalue weighted by atomic mass is 16.6. The Morgan fingerprint density at radius 3 is 2.57 bits per heavy atom. The first kappa shape index (κ1) is 18.3. The molecule has 1 aliphatic carbocycles. The average molecular weight is 381 g/mol. The molecule has 3 aromatic rings. The van der Waals surface area contributed by atoms with Gasteiger partial charge in [0.05, 0.1) is 12.7 Å². The van der Waals surface area contributed by atoms with Gasteiger partial charge in [0.25, 0.3) is 5.89 Å². The van der Waals surface area contributed by atoms with Crippen molar-refractivity contribution in [2.24, 2.45) is 0 Å². The van der Waals surface area contributed by atoms with Crippen LogP contribution in [0.3, 0.4) is 0 Å². The molecule has 0 aliphatic heterocycles. The molecule has 0 amide bonds. The van der Waals surface area contributed by atoms with E-state index in [4.69, 9.17) is 13.9 Å². The first-order valence-electron chi connectivity index (χ1n) is 9.35. The molecule has 0 bridgehead atoms. The van der Waals surface area contributed by atoms with Crippen molar-refractivity contribution in [3.05, 3.63) is 53.2 Å². The number of aromatic nitrogens is 3. The molecule has 0 N–H and O–H groups in total. The topological polar surface area (TPSA) is 79.4 Å². The van der Waals surface area contributed by atoms with Gasteiger partial charge in [-0.2, -0.15) is 0 Å². The van der Waals surface area contributed by atoms with Crippen molar-refractivity contribution >= 4 is 5.97 Å². The summed E-state index contributed by atoms with van der Waals surface area (Å²) < 4.78 is 18.7. The number of carbonyl (C=O) groups is 1. The first-order chi connectivity index (χ1) is 13.5. The van der Waals surface area contributed by atoms with Gasteiger partial charge in [0.15, 0.2) is 6.10 Å². The lowest BCUT2D eigenvalue weighted by molar-refractivity contribution is 0.0279. The Morgan fingerprint density at radius 2 is 1.93 bits per heavy atom. The maximum Gasteiger partial charge on any atom is 0.340 e. The van der Waals surface area contributed by atoms with Crippen LogP contribution in [0.2, 0.25) is 0 Å². The molecule has 0 saturated heterocycles. The van der Waals surface area contributed by atoms with Gasteiger partial charge in [-0.15, -0.1) is 10.2 Å². The van der Waals surface area contributed by atoms with Gasteiger partial charge in [-0.3, -0.25) is 0 Å². The summed E-state index contributed by atoms with van der Waals surface area (Å²) in [5.41, 5.74) is 3.39. The lowest BCUT2D eigenvalue weighted by Gasteiger charge is -2.10. The molecule has 0 radical (unpaired) electrons. The zero-order chi connectivity index (χ0) is 19.8. The monoisotopic (exact) mass is 381 g/mol. The molecule has 28 heavy (non-hydrogen) atoms. The molecule has 1 fully saturated rings. The summed E-state index contributed by atoms with van der Waals surface area (Å²) in [6.07, 6.45) is 1.69. The van der Waals surface area contributed by atoms with E-state index in [-0.39, 0.29) is 11.9 Å². The van der Waals surface area contributed by atoms with Gasteiger partial charge >= 0.3 is 5.97 Å². The van der Waals surface area contributed by atoms with Crippen molar-refractivity contribution in [1.29, 1.82) is 0 Å². The van der Waals surface area contributed by atoms with Crippen LogP contribution in [-0.2, 0) is 4.74 Å². The minimum absolute atomic E-state index is 0.259. The lowest BCUT2D eigenvalue weighted by atomic mass is 10.2. The average Bonchev–Trinajstić information content (AvgIpc) is 3.30. The molecule has 2 aromatic heterocycles. The number of esters is 1. The van der Waals surface area contributed by atoms with Gasteiger partial charge in [-0.25, -0.2) is 4.79 Å². The van der Waals surface area contributed by atoms with Crippen LogP contribution in [0, 0.1) is 13.8 Å². The van der Waals surface area contributed by atoms with E-state index in [1.54, 1.807) is 14.0 Å². The number of ether oxygens (including phenoxy) is 2. The van der Waals surface area contributed by atoms with Gasteiger partial charge in [-0.1, -0.05) is 0 Å². The van der Waals surface area contributed by atoms with Crippen LogP contribution in [0.4, 0.5) is 0 Å². The largest absolute Gasteiger partial charge is 0.497 e. The van der Waals surface area contributed by atoms with Crippen molar-refractivity contribution in [2.75, 3.05) is 7.11 Å². The van der Waals surface area contributed by atoms with Crippen molar-refractivity contribution in [2.45, 2.75) is 45.8 Å². The Hall–Kier alpha value is -3.09. The normalized spacial score (nSPS) is 14.7. The minimum atomic E-state index is -0.643. The fourth-order valence-corrected chi connectivity index (χ4v) is 3.40. The third kappa shape index (κ3) is 3.40. The van der Waals surface area contributed by atoms with Gasteiger partial charge in [0.1, 0.15) is 5.75 Å². The number of carbonyl (C=O) groups excluding carboxylic acids is 1. The highest BCUT2D eigenvalue weighted by Gasteiger charge is 2.29. The fourth-order valence-electron chi connectivity index (χ4n) is 3.40. The second kappa shape index (κ2) is 7.14. The van der Waals surface area contributed by atoms with Crippen molar-refractivity contribution in [3.63, 3.8) is 0 Å². The number of rotatable bonds is 6. The Kier molecular flexibility index (Phi) is 4.66. The molecule has 1 atom stereocenters. The SMILES string of the molecule is COc1ccc(-c2nnc(C(C)OC(=O)c3cc(C)n(C4CC4)c3C)o2)cc1. The highest BCUT2D eigenvalue weighted by Crippen LogP contribution is 2.38. The molecule has 146 valence electrons. The maximum atomic E-state index is 12.7. The number of hydrogen-bond acceptors (Lipinski definition) is 6. The fraction of sp³-hybridized carbons (Fsp3) is 0.381. The Balaban J connectivity index is 1.48. The van der Waals surface area contributed by atoms with Gasteiger partial charge in [-0.05, 0) is 63.9 Å². The van der Waals surface area contributed by atoms with E-state index in [1.807, 2.05) is 44.2 Å². The summed E-state index contributed by atoms with van der Waals surface area (Å²) in [5, 5.41) is 8.09. The third-order valence-electron chi connectivity index (χ3n) is 5.03. The molecular weight excluding hydrogens is 358 g/mol. The molecule has 7 heteroatoms. The third-order valence-corrected chi connectivity index (χ3v) is 5.03. The molecule has 0 spiro atoms. The predicted octanol–water partition coefficient (Wildman–Crippen LogP) is 4.42. The molecule has 1 saturated carbocycles. The van der Waals surface area contributed by atoms with Crippen LogP contribution >= 0.6 is 0 Å². The Morgan fingerprint density at radius 1 is 1.21 bits per heavy atom. The highest BCUT2D eigenvalue weighted by molar-refractivity contribution is 5.91. The van der Waals surface area contributed by atoms with Crippen molar-refractivity contribution in [1.82, 2.24) is 14.8 Å². The van der Waals surface area contributed by atoms with Crippen LogP contribution in [0.25, 0.3) is 11.5 Å². The minimum Gasteiger partial charge on any atom is -0.497 e. The summed E-state index contributed by atoms with van der Waals surface area (Å²) in [6.45, 7) is 5.70. The molecule has 2 heterocycles. The molecular formula is C21H23N3O4. The van der Waals surface area contributed by atoms with E-state index in [1.165, 1.54) is 0 Å². The number of benzene rings is 1. The van der Waals surface area contributed by atoms with Crippen LogP contribution in [0.15, 0.2) is 34.7 Å². The zero-order valence-electron chi connectivity index (χ0n) is 16.4. The summed E-state index contributed by atoms with van der Waals surface area (Å²) >= 11 is 0. The predicted molar refractivity (Wildman–Crippen MR) is 102 cm³/mol. The van der Waals surface area contributed by atoms with E-state index in [9.17, 15) is 4.79 Å². The van der Waals surface area contributed by atoms with Crippen LogP contribution in [-0.4, -0.2) is 27.8 Å². The van der Waals surface area contributed by atoms with E-state index in [2.05, 4.69) is 14.8 Å². The van der Waals surface area contributed by atoms with Gasteiger partial charge < -0.3 is 18.5 Å². The summed E-state index contributed by atoms with van der Waals surface area (Å²) in [4.78, 5) is 12.7. The first-order valence-corrected chi connectivity index (χ1v) is 9.35. The smallest absolute Gasteiger partial charge is 0.340 e. The summed E-state index contributed by atoms with van der Waals surface area (Å²) in [7, 11) is 1.61. The number of aryl methyl sites for hydroxylation is 1. The van der Waals surface area contributed by atoms with Crippen LogP contribution in [0.1, 0.15) is 59.5 Å². The second-order valence-electron chi connectivity index (χ2n) is 7.11. The molecule has 1 aliphatic rings. The molecule has 1 unspecified atom stereocenters. The second-order valence-corrected chi connectivity index (χ2v) is 7.11. The number of methoxy groups -OCH3 is 1. The standard InChI is InChI=1S/C21H23N3O4/c1-12-11-18(13(2)24(12)16-7-8-16)21(25)27-14(3)19-22-23-20(28-19)15-5-9-17(26-4)10-6-15/h5-6,9-11,14,16H,7-8H2,1-4H3. The molecule has 1 aromatic carbocycles.